The van der Waals surface area contributed by atoms with Crippen molar-refractivity contribution in [2.75, 3.05) is 18.0 Å². The molecule has 0 aromatic heterocycles. The highest BCUT2D eigenvalue weighted by atomic mass is 19.4. The van der Waals surface area contributed by atoms with E-state index >= 15 is 0 Å². The summed E-state index contributed by atoms with van der Waals surface area (Å²) in [5.41, 5.74) is 0.188. The van der Waals surface area contributed by atoms with E-state index in [1.165, 1.54) is 12.1 Å². The molecule has 5 heteroatoms. The summed E-state index contributed by atoms with van der Waals surface area (Å²) in [6, 6.07) is 7.55. The van der Waals surface area contributed by atoms with E-state index in [-0.39, 0.29) is 5.69 Å². The average Bonchev–Trinajstić information content (AvgIpc) is 2.38. The van der Waals surface area contributed by atoms with Crippen molar-refractivity contribution in [2.24, 2.45) is 0 Å². The van der Waals surface area contributed by atoms with Crippen molar-refractivity contribution in [3.05, 3.63) is 41.5 Å². The van der Waals surface area contributed by atoms with Gasteiger partial charge in [0.05, 0.1) is 11.6 Å². The minimum Gasteiger partial charge on any atom is -0.367 e. The zero-order valence-corrected chi connectivity index (χ0v) is 9.54. The SMILES string of the molecule is N#CC1=CCN(c2ccccc2C(F)(F)F)CC1. The Morgan fingerprint density at radius 1 is 1.22 bits per heavy atom. The fourth-order valence-electron chi connectivity index (χ4n) is 1.98. The van der Waals surface area contributed by atoms with Gasteiger partial charge in [-0.2, -0.15) is 18.4 Å². The molecule has 1 aliphatic rings. The lowest BCUT2D eigenvalue weighted by Gasteiger charge is -2.29. The second-order valence-corrected chi connectivity index (χ2v) is 4.05. The second-order valence-electron chi connectivity index (χ2n) is 4.05. The summed E-state index contributed by atoms with van der Waals surface area (Å²) in [4.78, 5) is 1.64. The molecule has 1 aromatic carbocycles. The molecule has 0 radical (unpaired) electrons. The summed E-state index contributed by atoms with van der Waals surface area (Å²) in [6.45, 7) is 0.780. The molecule has 1 heterocycles. The number of alkyl halides is 3. The van der Waals surface area contributed by atoms with E-state index in [0.29, 0.717) is 25.1 Å². The summed E-state index contributed by atoms with van der Waals surface area (Å²) in [5.74, 6) is 0. The van der Waals surface area contributed by atoms with Gasteiger partial charge in [-0.05, 0) is 18.6 Å². The van der Waals surface area contributed by atoms with Gasteiger partial charge < -0.3 is 4.90 Å². The van der Waals surface area contributed by atoms with Crippen LogP contribution < -0.4 is 4.90 Å². The maximum absolute atomic E-state index is 12.9. The molecule has 2 rings (SSSR count). The first-order chi connectivity index (χ1) is 8.52. The fraction of sp³-hybridized carbons (Fsp3) is 0.308. The summed E-state index contributed by atoms with van der Waals surface area (Å²) >= 11 is 0. The van der Waals surface area contributed by atoms with E-state index in [1.807, 2.05) is 6.07 Å². The molecule has 94 valence electrons. The molecule has 0 saturated heterocycles. The Labute approximate surface area is 103 Å². The van der Waals surface area contributed by atoms with Gasteiger partial charge >= 0.3 is 6.18 Å². The van der Waals surface area contributed by atoms with Crippen LogP contribution in [-0.4, -0.2) is 13.1 Å². The van der Waals surface area contributed by atoms with Crippen LogP contribution in [0.15, 0.2) is 35.9 Å². The van der Waals surface area contributed by atoms with Crippen molar-refractivity contribution in [1.29, 1.82) is 5.26 Å². The zero-order valence-electron chi connectivity index (χ0n) is 9.54. The van der Waals surface area contributed by atoms with Crippen LogP contribution in [0.1, 0.15) is 12.0 Å². The molecule has 0 spiro atoms. The number of hydrogen-bond donors (Lipinski definition) is 0. The molecule has 0 N–H and O–H groups in total. The highest BCUT2D eigenvalue weighted by Crippen LogP contribution is 2.37. The smallest absolute Gasteiger partial charge is 0.367 e. The minimum atomic E-state index is -4.35. The monoisotopic (exact) mass is 252 g/mol. The number of nitrogens with zero attached hydrogens (tertiary/aromatic N) is 2. The predicted molar refractivity (Wildman–Crippen MR) is 62.0 cm³/mol. The number of rotatable bonds is 1. The van der Waals surface area contributed by atoms with Crippen LogP contribution in [0, 0.1) is 11.3 Å². The molecule has 0 amide bonds. The Hall–Kier alpha value is -1.96. The zero-order chi connectivity index (χ0) is 13.2. The molecule has 18 heavy (non-hydrogen) atoms. The van der Waals surface area contributed by atoms with Gasteiger partial charge in [0.1, 0.15) is 0 Å². The normalized spacial score (nSPS) is 16.1. The van der Waals surface area contributed by atoms with Crippen molar-refractivity contribution >= 4 is 5.69 Å². The third-order valence-corrected chi connectivity index (χ3v) is 2.90. The lowest BCUT2D eigenvalue weighted by molar-refractivity contribution is -0.137. The highest BCUT2D eigenvalue weighted by Gasteiger charge is 2.34. The lowest BCUT2D eigenvalue weighted by Crippen LogP contribution is -2.30. The molecule has 0 unspecified atom stereocenters. The van der Waals surface area contributed by atoms with Crippen molar-refractivity contribution in [3.8, 4) is 6.07 Å². The first-order valence-electron chi connectivity index (χ1n) is 5.52. The summed E-state index contributed by atoms with van der Waals surface area (Å²) in [5, 5.41) is 8.71. The molecule has 0 fully saturated rings. The van der Waals surface area contributed by atoms with Gasteiger partial charge in [-0.1, -0.05) is 18.2 Å². The first-order valence-corrected chi connectivity index (χ1v) is 5.52. The number of hydrogen-bond acceptors (Lipinski definition) is 2. The van der Waals surface area contributed by atoms with Gasteiger partial charge in [0.25, 0.3) is 0 Å². The fourth-order valence-corrected chi connectivity index (χ4v) is 1.98. The van der Waals surface area contributed by atoms with Crippen molar-refractivity contribution < 1.29 is 13.2 Å². The molecule has 2 nitrogen and oxygen atoms in total. The van der Waals surface area contributed by atoms with Crippen LogP contribution in [-0.2, 0) is 6.18 Å². The molecular formula is C13H11F3N2. The van der Waals surface area contributed by atoms with Crippen LogP contribution in [0.25, 0.3) is 0 Å². The van der Waals surface area contributed by atoms with Gasteiger partial charge in [0.2, 0.25) is 0 Å². The first kappa shape index (κ1) is 12.5. The number of nitriles is 1. The Bertz CT molecular complexity index is 512. The molecule has 0 atom stereocenters. The van der Waals surface area contributed by atoms with E-state index in [4.69, 9.17) is 5.26 Å². The van der Waals surface area contributed by atoms with Gasteiger partial charge in [0, 0.05) is 24.4 Å². The highest BCUT2D eigenvalue weighted by molar-refractivity contribution is 5.56. The molecule has 0 aliphatic carbocycles. The summed E-state index contributed by atoms with van der Waals surface area (Å²) in [6.07, 6.45) is -2.19. The van der Waals surface area contributed by atoms with E-state index in [1.54, 1.807) is 17.0 Å². The maximum Gasteiger partial charge on any atom is 0.418 e. The van der Waals surface area contributed by atoms with Gasteiger partial charge in [-0.3, -0.25) is 0 Å². The van der Waals surface area contributed by atoms with Crippen molar-refractivity contribution in [2.45, 2.75) is 12.6 Å². The van der Waals surface area contributed by atoms with E-state index in [0.717, 1.165) is 6.07 Å². The van der Waals surface area contributed by atoms with Gasteiger partial charge in [0.15, 0.2) is 0 Å². The number of halogens is 3. The summed E-state index contributed by atoms with van der Waals surface area (Å²) < 4.78 is 38.6. The Balaban J connectivity index is 2.31. The van der Waals surface area contributed by atoms with E-state index < -0.39 is 11.7 Å². The Kier molecular flexibility index (Phi) is 3.28. The number of benzene rings is 1. The molecular weight excluding hydrogens is 241 g/mol. The predicted octanol–water partition coefficient (Wildman–Crippen LogP) is 3.37. The second kappa shape index (κ2) is 4.73. The number of anilines is 1. The third kappa shape index (κ3) is 2.48. The Morgan fingerprint density at radius 2 is 1.94 bits per heavy atom. The molecule has 1 aromatic rings. The van der Waals surface area contributed by atoms with E-state index in [9.17, 15) is 13.2 Å². The molecule has 0 bridgehead atoms. The van der Waals surface area contributed by atoms with Gasteiger partial charge in [-0.25, -0.2) is 0 Å². The lowest BCUT2D eigenvalue weighted by atomic mass is 10.1. The standard InChI is InChI=1S/C13H11F3N2/c14-13(15,16)11-3-1-2-4-12(11)18-7-5-10(9-17)6-8-18/h1-5H,6-8H2. The van der Waals surface area contributed by atoms with Gasteiger partial charge in [-0.15, -0.1) is 0 Å². The molecule has 0 saturated carbocycles. The van der Waals surface area contributed by atoms with Crippen LogP contribution >= 0.6 is 0 Å². The third-order valence-electron chi connectivity index (χ3n) is 2.90. The average molecular weight is 252 g/mol. The van der Waals surface area contributed by atoms with Crippen molar-refractivity contribution in [1.82, 2.24) is 0 Å². The maximum atomic E-state index is 12.9. The van der Waals surface area contributed by atoms with Crippen molar-refractivity contribution in [3.63, 3.8) is 0 Å². The van der Waals surface area contributed by atoms with Crippen LogP contribution in [0.3, 0.4) is 0 Å². The minimum absolute atomic E-state index is 0.179. The van der Waals surface area contributed by atoms with E-state index in [2.05, 4.69) is 0 Å². The number of para-hydroxylation sites is 1. The largest absolute Gasteiger partial charge is 0.418 e. The quantitative estimate of drug-likeness (QED) is 0.766. The van der Waals surface area contributed by atoms with Crippen LogP contribution in [0.2, 0.25) is 0 Å². The Morgan fingerprint density at radius 3 is 2.50 bits per heavy atom. The molecule has 1 aliphatic heterocycles. The topological polar surface area (TPSA) is 27.0 Å². The van der Waals surface area contributed by atoms with Crippen LogP contribution in [0.5, 0.6) is 0 Å². The van der Waals surface area contributed by atoms with Crippen LogP contribution in [0.4, 0.5) is 18.9 Å². The summed E-state index contributed by atoms with van der Waals surface area (Å²) in [7, 11) is 0.